The molecule has 8 rings (SSSR count). The molecule has 0 aliphatic carbocycles. The molecular formula is C44H34O4. The lowest BCUT2D eigenvalue weighted by Crippen LogP contribution is -1.98. The van der Waals surface area contributed by atoms with Gasteiger partial charge in [-0.25, -0.2) is 0 Å². The van der Waals surface area contributed by atoms with Crippen molar-refractivity contribution in [2.45, 2.75) is 27.7 Å². The van der Waals surface area contributed by atoms with E-state index in [2.05, 4.69) is 60.7 Å². The number of fused-ring (bicyclic) bond motifs is 4. The van der Waals surface area contributed by atoms with Gasteiger partial charge in [-0.3, -0.25) is 0 Å². The Bertz CT molecular complexity index is 2550. The van der Waals surface area contributed by atoms with Crippen LogP contribution in [0.3, 0.4) is 0 Å². The van der Waals surface area contributed by atoms with Crippen LogP contribution in [-0.2, 0) is 0 Å². The van der Waals surface area contributed by atoms with Crippen LogP contribution in [0.1, 0.15) is 22.3 Å². The molecule has 0 heterocycles. The number of phenolic OH excluding ortho intramolecular Hbond substituents is 4. The van der Waals surface area contributed by atoms with Crippen molar-refractivity contribution in [3.63, 3.8) is 0 Å². The van der Waals surface area contributed by atoms with E-state index >= 15 is 0 Å². The predicted molar refractivity (Wildman–Crippen MR) is 198 cm³/mol. The molecule has 8 aromatic rings. The van der Waals surface area contributed by atoms with Crippen LogP contribution in [0.25, 0.3) is 76.5 Å². The maximum Gasteiger partial charge on any atom is 0.130 e. The highest BCUT2D eigenvalue weighted by Gasteiger charge is 2.29. The molecule has 0 spiro atoms. The van der Waals surface area contributed by atoms with E-state index in [0.29, 0.717) is 49.4 Å². The Balaban J connectivity index is 1.54. The Morgan fingerprint density at radius 1 is 0.354 bits per heavy atom. The Morgan fingerprint density at radius 2 is 0.833 bits per heavy atom. The zero-order valence-corrected chi connectivity index (χ0v) is 27.2. The summed E-state index contributed by atoms with van der Waals surface area (Å²) in [5, 5.41) is 53.5. The first-order chi connectivity index (χ1) is 23.2. The average molecular weight is 627 g/mol. The van der Waals surface area contributed by atoms with E-state index in [1.54, 1.807) is 13.8 Å². The van der Waals surface area contributed by atoms with E-state index in [0.717, 1.165) is 49.4 Å². The second-order valence-electron chi connectivity index (χ2n) is 12.8. The zero-order valence-electron chi connectivity index (χ0n) is 27.2. The molecule has 4 N–H and O–H groups in total. The second-order valence-corrected chi connectivity index (χ2v) is 12.8. The molecule has 0 fully saturated rings. The monoisotopic (exact) mass is 626 g/mol. The van der Waals surface area contributed by atoms with Gasteiger partial charge in [-0.2, -0.15) is 0 Å². The van der Waals surface area contributed by atoms with Crippen LogP contribution in [0.4, 0.5) is 0 Å². The lowest BCUT2D eigenvalue weighted by molar-refractivity contribution is 0.445. The molecule has 0 aliphatic rings. The third-order valence-corrected chi connectivity index (χ3v) is 10.2. The van der Waals surface area contributed by atoms with Crippen molar-refractivity contribution in [2.24, 2.45) is 0 Å². The second kappa shape index (κ2) is 10.8. The minimum atomic E-state index is -0.0482. The van der Waals surface area contributed by atoms with E-state index < -0.39 is 0 Å². The molecule has 234 valence electrons. The highest BCUT2D eigenvalue weighted by Crippen LogP contribution is 2.55. The van der Waals surface area contributed by atoms with Crippen LogP contribution < -0.4 is 0 Å². The van der Waals surface area contributed by atoms with Gasteiger partial charge in [0.25, 0.3) is 0 Å². The van der Waals surface area contributed by atoms with E-state index in [1.807, 2.05) is 62.4 Å². The van der Waals surface area contributed by atoms with Crippen molar-refractivity contribution in [1.82, 2.24) is 0 Å². The van der Waals surface area contributed by atoms with Crippen LogP contribution >= 0.6 is 0 Å². The first-order valence-corrected chi connectivity index (χ1v) is 16.1. The van der Waals surface area contributed by atoms with Crippen molar-refractivity contribution in [3.05, 3.63) is 131 Å². The van der Waals surface area contributed by atoms with Gasteiger partial charge in [-0.1, -0.05) is 103 Å². The van der Waals surface area contributed by atoms with Crippen LogP contribution in [0, 0.1) is 27.7 Å². The number of hydrogen-bond donors (Lipinski definition) is 4. The Labute approximate surface area is 278 Å². The van der Waals surface area contributed by atoms with Crippen LogP contribution in [0.15, 0.2) is 109 Å². The first kappa shape index (κ1) is 29.4. The van der Waals surface area contributed by atoms with Crippen molar-refractivity contribution < 1.29 is 20.4 Å². The molecular weight excluding hydrogens is 592 g/mol. The fourth-order valence-corrected chi connectivity index (χ4v) is 7.59. The molecule has 0 aliphatic heterocycles. The number of aryl methyl sites for hydroxylation is 2. The van der Waals surface area contributed by atoms with Gasteiger partial charge in [-0.15, -0.1) is 0 Å². The van der Waals surface area contributed by atoms with Gasteiger partial charge in [0, 0.05) is 38.2 Å². The maximum atomic E-state index is 12.0. The molecule has 0 unspecified atom stereocenters. The molecule has 48 heavy (non-hydrogen) atoms. The number of aromatic hydroxyl groups is 4. The van der Waals surface area contributed by atoms with E-state index in [1.165, 1.54) is 0 Å². The summed E-state index contributed by atoms with van der Waals surface area (Å²) >= 11 is 0. The van der Waals surface area contributed by atoms with Gasteiger partial charge in [-0.05, 0) is 94.3 Å². The summed E-state index contributed by atoms with van der Waals surface area (Å²) in [6.07, 6.45) is 0. The summed E-state index contributed by atoms with van der Waals surface area (Å²) < 4.78 is 0. The van der Waals surface area contributed by atoms with Crippen molar-refractivity contribution in [3.8, 4) is 56.4 Å². The van der Waals surface area contributed by atoms with E-state index in [9.17, 15) is 20.4 Å². The van der Waals surface area contributed by atoms with E-state index in [-0.39, 0.29) is 23.0 Å². The predicted octanol–water partition coefficient (Wildman–Crippen LogP) is 11.4. The Kier molecular flexibility index (Phi) is 6.61. The normalized spacial score (nSPS) is 11.7. The van der Waals surface area contributed by atoms with Gasteiger partial charge >= 0.3 is 0 Å². The van der Waals surface area contributed by atoms with Gasteiger partial charge < -0.3 is 20.4 Å². The minimum absolute atomic E-state index is 0.0110. The molecule has 0 amide bonds. The number of benzene rings is 8. The largest absolute Gasteiger partial charge is 0.507 e. The van der Waals surface area contributed by atoms with Gasteiger partial charge in [0.1, 0.15) is 23.0 Å². The quantitative estimate of drug-likeness (QED) is 0.147. The molecule has 0 radical (unpaired) electrons. The molecule has 4 heteroatoms. The highest BCUT2D eigenvalue weighted by molar-refractivity contribution is 6.27. The minimum Gasteiger partial charge on any atom is -0.507 e. The summed E-state index contributed by atoms with van der Waals surface area (Å²) in [7, 11) is 0. The van der Waals surface area contributed by atoms with E-state index in [4.69, 9.17) is 0 Å². The fourth-order valence-electron chi connectivity index (χ4n) is 7.59. The molecule has 0 saturated heterocycles. The summed E-state index contributed by atoms with van der Waals surface area (Å²) in [5.41, 5.74) is 7.11. The van der Waals surface area contributed by atoms with Crippen LogP contribution in [0.2, 0.25) is 0 Å². The number of hydrogen-bond acceptors (Lipinski definition) is 4. The van der Waals surface area contributed by atoms with Crippen LogP contribution in [-0.4, -0.2) is 20.4 Å². The summed E-state index contributed by atoms with van der Waals surface area (Å²) in [4.78, 5) is 0. The molecule has 0 atom stereocenters. The average Bonchev–Trinajstić information content (AvgIpc) is 3.13. The molecule has 0 bridgehead atoms. The smallest absolute Gasteiger partial charge is 0.130 e. The summed E-state index contributed by atoms with van der Waals surface area (Å²) in [6, 6.07) is 37.0. The highest BCUT2D eigenvalue weighted by atomic mass is 16.3. The lowest BCUT2D eigenvalue weighted by Gasteiger charge is -2.25. The first-order valence-electron chi connectivity index (χ1n) is 16.1. The van der Waals surface area contributed by atoms with Crippen LogP contribution in [0.5, 0.6) is 23.0 Å². The van der Waals surface area contributed by atoms with Gasteiger partial charge in [0.05, 0.1) is 0 Å². The number of phenols is 4. The van der Waals surface area contributed by atoms with Gasteiger partial charge in [0.2, 0.25) is 0 Å². The SMILES string of the molecule is Cc1c(O)c(C)c2c(-c3ccc4ccccc4c3)c3c(C)c(O)c(C)c(O)c3c(-c3ccc(-c4cccc5ccccc45)cc3)c2c1O. The summed E-state index contributed by atoms with van der Waals surface area (Å²) in [5.74, 6) is -0.0744. The topological polar surface area (TPSA) is 80.9 Å². The standard InChI is InChI=1S/C44H34O4/c1-23-35-38(32-21-16-27-10-5-6-12-31(27)22-32)36-24(2)42(46)26(4)44(48)40(36)37(39(35)43(47)25(3)41(23)45)30-19-17-29(18-20-30)34-15-9-13-28-11-7-8-14-33(28)34/h5-22,45-48H,1-4H3. The Morgan fingerprint density at radius 3 is 1.46 bits per heavy atom. The third kappa shape index (κ3) is 4.16. The van der Waals surface area contributed by atoms with Crippen molar-refractivity contribution >= 4 is 43.1 Å². The third-order valence-electron chi connectivity index (χ3n) is 10.2. The molecule has 4 nitrogen and oxygen atoms in total. The summed E-state index contributed by atoms with van der Waals surface area (Å²) in [6.45, 7) is 7.13. The molecule has 0 aromatic heterocycles. The lowest BCUT2D eigenvalue weighted by atomic mass is 9.80. The zero-order chi connectivity index (χ0) is 33.4. The molecule has 0 saturated carbocycles. The number of rotatable bonds is 3. The molecule has 8 aromatic carbocycles. The fraction of sp³-hybridized carbons (Fsp3) is 0.0909. The Hall–Kier alpha value is -6.00. The van der Waals surface area contributed by atoms with Gasteiger partial charge in [0.15, 0.2) is 0 Å². The maximum absolute atomic E-state index is 12.0. The van der Waals surface area contributed by atoms with Crippen molar-refractivity contribution in [2.75, 3.05) is 0 Å². The van der Waals surface area contributed by atoms with Crippen molar-refractivity contribution in [1.29, 1.82) is 0 Å².